The van der Waals surface area contributed by atoms with Gasteiger partial charge >= 0.3 is 0 Å². The first-order valence-corrected chi connectivity index (χ1v) is 6.13. The second kappa shape index (κ2) is 5.99. The molecule has 1 amide bonds. The van der Waals surface area contributed by atoms with Gasteiger partial charge in [0.25, 0.3) is 0 Å². The Morgan fingerprint density at radius 2 is 2.25 bits per heavy atom. The quantitative estimate of drug-likeness (QED) is 0.726. The summed E-state index contributed by atoms with van der Waals surface area (Å²) < 4.78 is 0. The molecule has 16 heavy (non-hydrogen) atoms. The van der Waals surface area contributed by atoms with Crippen LogP contribution in [0.15, 0.2) is 0 Å². The van der Waals surface area contributed by atoms with Crippen LogP contribution in [0.3, 0.4) is 0 Å². The number of hydrogen-bond acceptors (Lipinski definition) is 3. The van der Waals surface area contributed by atoms with Crippen molar-refractivity contribution in [2.24, 2.45) is 11.7 Å². The number of rotatable bonds is 4. The van der Waals surface area contributed by atoms with Gasteiger partial charge in [-0.2, -0.15) is 0 Å². The molecule has 1 aliphatic rings. The van der Waals surface area contributed by atoms with Crippen molar-refractivity contribution in [2.45, 2.75) is 51.6 Å². The molecule has 2 N–H and O–H groups in total. The number of aldehydes is 1. The molecule has 1 rings (SSSR count). The molecular weight excluding hydrogens is 204 g/mol. The van der Waals surface area contributed by atoms with E-state index in [4.69, 9.17) is 5.73 Å². The zero-order chi connectivity index (χ0) is 12.1. The normalized spacial score (nSPS) is 24.9. The van der Waals surface area contributed by atoms with Gasteiger partial charge in [-0.1, -0.05) is 20.3 Å². The third-order valence-corrected chi connectivity index (χ3v) is 3.53. The number of likely N-dealkylation sites (tertiary alicyclic amines) is 1. The van der Waals surface area contributed by atoms with Crippen LogP contribution >= 0.6 is 0 Å². The van der Waals surface area contributed by atoms with Gasteiger partial charge in [-0.05, 0) is 25.2 Å². The maximum atomic E-state index is 12.1. The van der Waals surface area contributed by atoms with Crippen LogP contribution in [-0.2, 0) is 9.59 Å². The minimum absolute atomic E-state index is 0.0637. The van der Waals surface area contributed by atoms with Crippen LogP contribution in [-0.4, -0.2) is 35.7 Å². The number of nitrogens with zero attached hydrogens (tertiary/aromatic N) is 1. The average Bonchev–Trinajstić information content (AvgIpc) is 2.35. The van der Waals surface area contributed by atoms with Gasteiger partial charge in [0.2, 0.25) is 5.91 Å². The van der Waals surface area contributed by atoms with Crippen LogP contribution in [0.2, 0.25) is 0 Å². The molecule has 1 unspecified atom stereocenters. The second-order valence-electron chi connectivity index (χ2n) is 4.64. The molecule has 0 spiro atoms. The lowest BCUT2D eigenvalue weighted by atomic mass is 9.96. The minimum Gasteiger partial charge on any atom is -0.332 e. The Morgan fingerprint density at radius 1 is 1.56 bits per heavy atom. The van der Waals surface area contributed by atoms with E-state index in [0.717, 1.165) is 32.0 Å². The summed E-state index contributed by atoms with van der Waals surface area (Å²) in [6, 6.07) is -0.720. The highest BCUT2D eigenvalue weighted by atomic mass is 16.2. The first-order valence-electron chi connectivity index (χ1n) is 6.13. The first kappa shape index (κ1) is 13.2. The fourth-order valence-corrected chi connectivity index (χ4v) is 2.06. The lowest BCUT2D eigenvalue weighted by Gasteiger charge is -2.35. The van der Waals surface area contributed by atoms with Crippen molar-refractivity contribution in [2.75, 3.05) is 6.54 Å². The molecule has 4 nitrogen and oxygen atoms in total. The fourth-order valence-electron chi connectivity index (χ4n) is 2.06. The summed E-state index contributed by atoms with van der Waals surface area (Å²) in [7, 11) is 0. The molecule has 0 aromatic heterocycles. The van der Waals surface area contributed by atoms with E-state index in [2.05, 4.69) is 0 Å². The van der Waals surface area contributed by atoms with Gasteiger partial charge in [0, 0.05) is 6.54 Å². The summed E-state index contributed by atoms with van der Waals surface area (Å²) >= 11 is 0. The predicted molar refractivity (Wildman–Crippen MR) is 62.8 cm³/mol. The molecule has 0 saturated carbocycles. The third-order valence-electron chi connectivity index (χ3n) is 3.53. The van der Waals surface area contributed by atoms with Crippen molar-refractivity contribution in [3.8, 4) is 0 Å². The van der Waals surface area contributed by atoms with Crippen LogP contribution in [0.5, 0.6) is 0 Å². The Bertz CT molecular complexity index is 255. The van der Waals surface area contributed by atoms with Crippen LogP contribution < -0.4 is 5.73 Å². The highest BCUT2D eigenvalue weighted by Crippen LogP contribution is 2.18. The number of nitrogens with two attached hydrogens (primary N) is 1. The van der Waals surface area contributed by atoms with Crippen molar-refractivity contribution in [3.63, 3.8) is 0 Å². The van der Waals surface area contributed by atoms with Gasteiger partial charge in [-0.25, -0.2) is 0 Å². The highest BCUT2D eigenvalue weighted by Gasteiger charge is 2.31. The lowest BCUT2D eigenvalue weighted by Crippen LogP contribution is -2.53. The molecule has 1 heterocycles. The van der Waals surface area contributed by atoms with Crippen LogP contribution in [0.25, 0.3) is 0 Å². The Balaban J connectivity index is 2.66. The molecule has 4 heteroatoms. The molecule has 0 aliphatic carbocycles. The van der Waals surface area contributed by atoms with Gasteiger partial charge < -0.3 is 15.4 Å². The summed E-state index contributed by atoms with van der Waals surface area (Å²) in [6.07, 6.45) is 4.53. The SMILES string of the molecule is CC[C@@H](C)[C@@H](N)C(=O)N1CCCCC1C=O. The average molecular weight is 226 g/mol. The van der Waals surface area contributed by atoms with Crippen molar-refractivity contribution in [1.29, 1.82) is 0 Å². The van der Waals surface area contributed by atoms with E-state index in [0.29, 0.717) is 6.54 Å². The number of amides is 1. The Morgan fingerprint density at radius 3 is 2.81 bits per heavy atom. The van der Waals surface area contributed by atoms with Gasteiger partial charge in [0.05, 0.1) is 12.1 Å². The molecule has 0 radical (unpaired) electrons. The van der Waals surface area contributed by atoms with Crippen molar-refractivity contribution >= 4 is 12.2 Å². The Hall–Kier alpha value is -0.900. The van der Waals surface area contributed by atoms with Crippen LogP contribution in [0, 0.1) is 5.92 Å². The molecule has 0 bridgehead atoms. The smallest absolute Gasteiger partial charge is 0.240 e. The summed E-state index contributed by atoms with van der Waals surface area (Å²) in [6.45, 7) is 4.67. The zero-order valence-electron chi connectivity index (χ0n) is 10.2. The van der Waals surface area contributed by atoms with Gasteiger partial charge in [0.1, 0.15) is 6.29 Å². The summed E-state index contributed by atoms with van der Waals surface area (Å²) in [5.41, 5.74) is 5.91. The summed E-state index contributed by atoms with van der Waals surface area (Å²) in [4.78, 5) is 24.7. The van der Waals surface area contributed by atoms with Crippen molar-refractivity contribution in [3.05, 3.63) is 0 Å². The molecular formula is C12H22N2O2. The number of carbonyl (C=O) groups excluding carboxylic acids is 2. The molecule has 0 aromatic carbocycles. The highest BCUT2D eigenvalue weighted by molar-refractivity contribution is 5.84. The van der Waals surface area contributed by atoms with Gasteiger partial charge in [0.15, 0.2) is 0 Å². The monoisotopic (exact) mass is 226 g/mol. The fraction of sp³-hybridized carbons (Fsp3) is 0.833. The minimum atomic E-state index is -0.467. The standard InChI is InChI=1S/C12H22N2O2/c1-3-9(2)11(13)12(16)14-7-5-4-6-10(14)8-15/h8-11H,3-7,13H2,1-2H3/t9-,10?,11-/m1/s1. The summed E-state index contributed by atoms with van der Waals surface area (Å²) in [5.74, 6) is 0.105. The van der Waals surface area contributed by atoms with E-state index in [1.807, 2.05) is 13.8 Å². The van der Waals surface area contributed by atoms with E-state index in [-0.39, 0.29) is 17.9 Å². The van der Waals surface area contributed by atoms with Crippen molar-refractivity contribution in [1.82, 2.24) is 4.90 Å². The van der Waals surface area contributed by atoms with E-state index in [1.54, 1.807) is 4.90 Å². The summed E-state index contributed by atoms with van der Waals surface area (Å²) in [5, 5.41) is 0. The van der Waals surface area contributed by atoms with E-state index in [9.17, 15) is 9.59 Å². The topological polar surface area (TPSA) is 63.4 Å². The third kappa shape index (κ3) is 2.82. The van der Waals surface area contributed by atoms with E-state index >= 15 is 0 Å². The maximum Gasteiger partial charge on any atom is 0.240 e. The first-order chi connectivity index (χ1) is 7.61. The van der Waals surface area contributed by atoms with E-state index in [1.165, 1.54) is 0 Å². The molecule has 92 valence electrons. The molecule has 3 atom stereocenters. The molecule has 1 saturated heterocycles. The van der Waals surface area contributed by atoms with E-state index < -0.39 is 6.04 Å². The maximum absolute atomic E-state index is 12.1. The number of hydrogen-bond donors (Lipinski definition) is 1. The molecule has 1 fully saturated rings. The number of piperidine rings is 1. The van der Waals surface area contributed by atoms with Crippen LogP contribution in [0.1, 0.15) is 39.5 Å². The molecule has 1 aliphatic heterocycles. The Kier molecular flexibility index (Phi) is 4.93. The zero-order valence-corrected chi connectivity index (χ0v) is 10.2. The number of carbonyl (C=O) groups is 2. The van der Waals surface area contributed by atoms with Crippen molar-refractivity contribution < 1.29 is 9.59 Å². The lowest BCUT2D eigenvalue weighted by molar-refractivity contribution is -0.140. The molecule has 0 aromatic rings. The van der Waals surface area contributed by atoms with Gasteiger partial charge in [-0.15, -0.1) is 0 Å². The largest absolute Gasteiger partial charge is 0.332 e. The Labute approximate surface area is 97.2 Å². The second-order valence-corrected chi connectivity index (χ2v) is 4.64. The predicted octanol–water partition coefficient (Wildman–Crippen LogP) is 0.940. The van der Waals surface area contributed by atoms with Gasteiger partial charge in [-0.3, -0.25) is 4.79 Å². The van der Waals surface area contributed by atoms with Crippen LogP contribution in [0.4, 0.5) is 0 Å².